The second kappa shape index (κ2) is 14.5. The van der Waals surface area contributed by atoms with Gasteiger partial charge in [-0.15, -0.1) is 0 Å². The van der Waals surface area contributed by atoms with Crippen molar-refractivity contribution in [3.05, 3.63) is 141 Å². The third-order valence-corrected chi connectivity index (χ3v) is 8.24. The summed E-state index contributed by atoms with van der Waals surface area (Å²) in [5.41, 5.74) is 7.18. The zero-order chi connectivity index (χ0) is 32.7. The molecular formula is C39H43N3O4. The lowest BCUT2D eigenvalue weighted by Crippen LogP contribution is -2.25. The van der Waals surface area contributed by atoms with Crippen LogP contribution in [0.4, 0.5) is 0 Å². The number of hydrogen-bond donors (Lipinski definition) is 1. The molecule has 5 aromatic rings. The first-order chi connectivity index (χ1) is 22.1. The Morgan fingerprint density at radius 3 is 2.24 bits per heavy atom. The minimum Gasteiger partial charge on any atom is -0.489 e. The van der Waals surface area contributed by atoms with Gasteiger partial charge < -0.3 is 9.84 Å². The maximum atomic E-state index is 13.1. The number of aryl methyl sites for hydroxylation is 2. The first-order valence-electron chi connectivity index (χ1n) is 16.0. The van der Waals surface area contributed by atoms with Crippen molar-refractivity contribution in [3.63, 3.8) is 0 Å². The first-order valence-corrected chi connectivity index (χ1v) is 16.0. The molecule has 1 aromatic heterocycles. The summed E-state index contributed by atoms with van der Waals surface area (Å²) < 4.78 is 9.47. The van der Waals surface area contributed by atoms with Crippen molar-refractivity contribution in [1.82, 2.24) is 14.3 Å². The maximum absolute atomic E-state index is 13.1. The van der Waals surface area contributed by atoms with Gasteiger partial charge in [0.05, 0.1) is 13.0 Å². The molecule has 0 unspecified atom stereocenters. The quantitative estimate of drug-likeness (QED) is 0.148. The lowest BCUT2D eigenvalue weighted by molar-refractivity contribution is -0.136. The predicted octanol–water partition coefficient (Wildman–Crippen LogP) is 7.46. The Morgan fingerprint density at radius 1 is 0.826 bits per heavy atom. The SMILES string of the molecule is CCn1c(CCCc2cccc(-c3ccc(CC(=O)O)c(OCc4ccccc4)c3)c2)nn(Cc2ccc(C(C)(C)C)cc2)c1=O. The molecule has 5 rings (SSSR count). The van der Waals surface area contributed by atoms with Crippen LogP contribution in [0.15, 0.2) is 102 Å². The van der Waals surface area contributed by atoms with Crippen molar-refractivity contribution in [2.45, 2.75) is 78.5 Å². The van der Waals surface area contributed by atoms with Crippen molar-refractivity contribution < 1.29 is 14.6 Å². The van der Waals surface area contributed by atoms with Gasteiger partial charge >= 0.3 is 11.7 Å². The van der Waals surface area contributed by atoms with Gasteiger partial charge in [0, 0.05) is 18.5 Å². The Kier molecular flexibility index (Phi) is 10.2. The number of aromatic nitrogens is 3. The average molecular weight is 618 g/mol. The van der Waals surface area contributed by atoms with Crippen LogP contribution in [0.2, 0.25) is 0 Å². The van der Waals surface area contributed by atoms with Gasteiger partial charge in [0.2, 0.25) is 0 Å². The van der Waals surface area contributed by atoms with Crippen LogP contribution in [0.5, 0.6) is 5.75 Å². The monoisotopic (exact) mass is 617 g/mol. The molecule has 4 aromatic carbocycles. The molecule has 238 valence electrons. The third kappa shape index (κ3) is 8.21. The highest BCUT2D eigenvalue weighted by molar-refractivity contribution is 5.73. The van der Waals surface area contributed by atoms with Crippen LogP contribution >= 0.6 is 0 Å². The fourth-order valence-electron chi connectivity index (χ4n) is 5.64. The first kappa shape index (κ1) is 32.5. The number of carboxylic acids is 1. The molecule has 0 bridgehead atoms. The van der Waals surface area contributed by atoms with E-state index in [1.807, 2.05) is 61.5 Å². The summed E-state index contributed by atoms with van der Waals surface area (Å²) in [6.45, 7) is 9.96. The number of nitrogens with zero attached hydrogens (tertiary/aromatic N) is 3. The van der Waals surface area contributed by atoms with Gasteiger partial charge in [0.25, 0.3) is 0 Å². The molecule has 1 N–H and O–H groups in total. The fourth-order valence-corrected chi connectivity index (χ4v) is 5.64. The second-order valence-electron chi connectivity index (χ2n) is 12.8. The second-order valence-corrected chi connectivity index (χ2v) is 12.8. The summed E-state index contributed by atoms with van der Waals surface area (Å²) in [5.74, 6) is 0.490. The van der Waals surface area contributed by atoms with Crippen LogP contribution in [0.25, 0.3) is 11.1 Å². The van der Waals surface area contributed by atoms with Crippen LogP contribution in [0.3, 0.4) is 0 Å². The molecule has 7 nitrogen and oxygen atoms in total. The minimum absolute atomic E-state index is 0.0731. The molecule has 46 heavy (non-hydrogen) atoms. The molecule has 0 amide bonds. The Morgan fingerprint density at radius 2 is 1.54 bits per heavy atom. The number of rotatable bonds is 13. The highest BCUT2D eigenvalue weighted by Gasteiger charge is 2.16. The Bertz CT molecular complexity index is 1830. The van der Waals surface area contributed by atoms with E-state index >= 15 is 0 Å². The number of carboxylic acid groups (broad SMARTS) is 1. The topological polar surface area (TPSA) is 86.3 Å². The van der Waals surface area contributed by atoms with Crippen molar-refractivity contribution in [3.8, 4) is 16.9 Å². The predicted molar refractivity (Wildman–Crippen MR) is 182 cm³/mol. The van der Waals surface area contributed by atoms with E-state index < -0.39 is 5.97 Å². The molecule has 0 atom stereocenters. The summed E-state index contributed by atoms with van der Waals surface area (Å²) in [7, 11) is 0. The molecule has 1 heterocycles. The number of benzene rings is 4. The molecule has 0 fully saturated rings. The van der Waals surface area contributed by atoms with Gasteiger partial charge in [-0.25, -0.2) is 9.48 Å². The number of aliphatic carboxylic acids is 1. The van der Waals surface area contributed by atoms with E-state index in [1.54, 1.807) is 9.25 Å². The van der Waals surface area contributed by atoms with Crippen molar-refractivity contribution in [2.75, 3.05) is 0 Å². The average Bonchev–Trinajstić information content (AvgIpc) is 3.34. The molecular weight excluding hydrogens is 574 g/mol. The minimum atomic E-state index is -0.896. The van der Waals surface area contributed by atoms with Crippen LogP contribution in [-0.4, -0.2) is 25.4 Å². The van der Waals surface area contributed by atoms with E-state index in [1.165, 1.54) is 11.1 Å². The van der Waals surface area contributed by atoms with Gasteiger partial charge in [0.1, 0.15) is 18.2 Å². The third-order valence-electron chi connectivity index (χ3n) is 8.24. The lowest BCUT2D eigenvalue weighted by Gasteiger charge is -2.19. The zero-order valence-electron chi connectivity index (χ0n) is 27.2. The van der Waals surface area contributed by atoms with Crippen molar-refractivity contribution in [2.24, 2.45) is 0 Å². The Labute approximate surface area is 271 Å². The molecule has 7 heteroatoms. The highest BCUT2D eigenvalue weighted by atomic mass is 16.5. The van der Waals surface area contributed by atoms with Gasteiger partial charge in [0.15, 0.2) is 0 Å². The van der Waals surface area contributed by atoms with Crippen LogP contribution < -0.4 is 10.4 Å². The largest absolute Gasteiger partial charge is 0.489 e. The standard InChI is InChI=1S/C39H43N3O4/c1-5-41-36(40-42(38(41)45)26-29-17-21-34(22-18-29)39(2,3)4)16-10-14-28-13-9-15-31(23-28)32-19-20-33(25-37(43)44)35(24-32)46-27-30-11-7-6-8-12-30/h6-9,11-13,15,17-24H,5,10,14,16,25-27H2,1-4H3,(H,43,44). The molecule has 0 saturated heterocycles. The van der Waals surface area contributed by atoms with E-state index in [9.17, 15) is 14.7 Å². The maximum Gasteiger partial charge on any atom is 0.346 e. The number of ether oxygens (including phenoxy) is 1. The van der Waals surface area contributed by atoms with Gasteiger partial charge in [-0.3, -0.25) is 9.36 Å². The summed E-state index contributed by atoms with van der Waals surface area (Å²) in [4.78, 5) is 24.6. The molecule has 0 radical (unpaired) electrons. The summed E-state index contributed by atoms with van der Waals surface area (Å²) in [6.07, 6.45) is 2.28. The number of carbonyl (C=O) groups is 1. The molecule has 0 saturated carbocycles. The summed E-state index contributed by atoms with van der Waals surface area (Å²) in [5, 5.41) is 14.2. The zero-order valence-corrected chi connectivity index (χ0v) is 27.2. The van der Waals surface area contributed by atoms with Crippen LogP contribution in [0.1, 0.15) is 67.8 Å². The lowest BCUT2D eigenvalue weighted by atomic mass is 9.87. The summed E-state index contributed by atoms with van der Waals surface area (Å²) in [6, 6.07) is 32.4. The molecule has 0 aliphatic rings. The van der Waals surface area contributed by atoms with Crippen LogP contribution in [-0.2, 0) is 49.2 Å². The van der Waals surface area contributed by atoms with Gasteiger partial charge in [-0.05, 0) is 64.6 Å². The Balaban J connectivity index is 1.26. The molecule has 0 aliphatic heterocycles. The van der Waals surface area contributed by atoms with Crippen LogP contribution in [0, 0.1) is 0 Å². The molecule has 0 spiro atoms. The van der Waals surface area contributed by atoms with Gasteiger partial charge in [-0.2, -0.15) is 5.10 Å². The molecule has 0 aliphatic carbocycles. The number of hydrogen-bond acceptors (Lipinski definition) is 4. The van der Waals surface area contributed by atoms with Crippen molar-refractivity contribution in [1.29, 1.82) is 0 Å². The van der Waals surface area contributed by atoms with Gasteiger partial charge in [-0.1, -0.05) is 112 Å². The van der Waals surface area contributed by atoms with E-state index in [0.717, 1.165) is 40.9 Å². The van der Waals surface area contributed by atoms with E-state index in [4.69, 9.17) is 9.84 Å². The van der Waals surface area contributed by atoms with E-state index in [2.05, 4.69) is 63.2 Å². The van der Waals surface area contributed by atoms with Crippen molar-refractivity contribution >= 4 is 5.97 Å². The smallest absolute Gasteiger partial charge is 0.346 e. The fraction of sp³-hybridized carbons (Fsp3) is 0.308. The van der Waals surface area contributed by atoms with E-state index in [0.29, 0.717) is 37.4 Å². The summed E-state index contributed by atoms with van der Waals surface area (Å²) >= 11 is 0. The highest BCUT2D eigenvalue weighted by Crippen LogP contribution is 2.30. The Hall–Kier alpha value is -4.91. The normalized spacial score (nSPS) is 11.5. The van der Waals surface area contributed by atoms with E-state index in [-0.39, 0.29) is 17.5 Å².